The molecule has 3 nitrogen and oxygen atoms in total. The minimum atomic E-state index is 0.0957. The summed E-state index contributed by atoms with van der Waals surface area (Å²) >= 11 is 3.43. The van der Waals surface area contributed by atoms with E-state index in [1.54, 1.807) is 0 Å². The monoisotopic (exact) mass is 268 g/mol. The molecule has 0 aliphatic carbocycles. The van der Waals surface area contributed by atoms with Crippen LogP contribution >= 0.6 is 15.9 Å². The number of hydrogen-bond acceptors (Lipinski definition) is 2. The number of amides is 1. The number of hydrogen-bond donors (Lipinski definition) is 2. The highest BCUT2D eigenvalue weighted by Gasteiger charge is 2.24. The van der Waals surface area contributed by atoms with E-state index in [4.69, 9.17) is 0 Å². The molecular weight excluding hydrogens is 256 g/mol. The molecule has 80 valence electrons. The van der Waals surface area contributed by atoms with Crippen molar-refractivity contribution in [2.45, 2.75) is 6.92 Å². The van der Waals surface area contributed by atoms with Gasteiger partial charge in [-0.1, -0.05) is 6.07 Å². The summed E-state index contributed by atoms with van der Waals surface area (Å²) < 4.78 is 0.933. The Bertz CT molecular complexity index is 388. The van der Waals surface area contributed by atoms with E-state index in [-0.39, 0.29) is 11.8 Å². The average molecular weight is 269 g/mol. The molecule has 0 spiro atoms. The fourth-order valence-electron chi connectivity index (χ4n) is 1.43. The van der Waals surface area contributed by atoms with Crippen molar-refractivity contribution in [3.05, 3.63) is 28.2 Å². The number of halogens is 1. The predicted octanol–water partition coefficient (Wildman–Crippen LogP) is 1.92. The molecule has 1 saturated heterocycles. The normalized spacial score (nSPS) is 15.9. The molecule has 0 bridgehead atoms. The van der Waals surface area contributed by atoms with Crippen molar-refractivity contribution < 1.29 is 4.79 Å². The maximum absolute atomic E-state index is 11.7. The van der Waals surface area contributed by atoms with Crippen LogP contribution in [0.4, 0.5) is 5.69 Å². The smallest absolute Gasteiger partial charge is 0.230 e. The van der Waals surface area contributed by atoms with Crippen LogP contribution in [0.2, 0.25) is 0 Å². The van der Waals surface area contributed by atoms with E-state index >= 15 is 0 Å². The molecule has 0 radical (unpaired) electrons. The van der Waals surface area contributed by atoms with Crippen LogP contribution < -0.4 is 10.6 Å². The molecule has 1 aliphatic rings. The molecular formula is C11H13BrN2O. The Kier molecular flexibility index (Phi) is 3.07. The average Bonchev–Trinajstić information content (AvgIpc) is 2.07. The highest BCUT2D eigenvalue weighted by Crippen LogP contribution is 2.24. The SMILES string of the molecule is Cc1ccc(NC(=O)C2CNC2)c(Br)c1. The first-order chi connectivity index (χ1) is 7.16. The Morgan fingerprint density at radius 3 is 2.80 bits per heavy atom. The molecule has 2 rings (SSSR count). The van der Waals surface area contributed by atoms with Crippen LogP contribution in [0, 0.1) is 12.8 Å². The van der Waals surface area contributed by atoms with Gasteiger partial charge in [-0.3, -0.25) is 4.79 Å². The van der Waals surface area contributed by atoms with Gasteiger partial charge >= 0.3 is 0 Å². The molecule has 1 aromatic carbocycles. The lowest BCUT2D eigenvalue weighted by molar-refractivity contribution is -0.121. The summed E-state index contributed by atoms with van der Waals surface area (Å²) in [5, 5.41) is 5.99. The van der Waals surface area contributed by atoms with E-state index in [1.165, 1.54) is 5.56 Å². The zero-order chi connectivity index (χ0) is 10.8. The number of rotatable bonds is 2. The molecule has 0 aromatic heterocycles. The number of benzene rings is 1. The van der Waals surface area contributed by atoms with Crippen molar-refractivity contribution in [2.75, 3.05) is 18.4 Å². The van der Waals surface area contributed by atoms with Gasteiger partial charge in [0.25, 0.3) is 0 Å². The van der Waals surface area contributed by atoms with Crippen LogP contribution in [0.5, 0.6) is 0 Å². The number of carbonyl (C=O) groups excluding carboxylic acids is 1. The number of aryl methyl sites for hydroxylation is 1. The largest absolute Gasteiger partial charge is 0.325 e. The summed E-state index contributed by atoms with van der Waals surface area (Å²) in [5.74, 6) is 0.219. The molecule has 2 N–H and O–H groups in total. The Morgan fingerprint density at radius 1 is 1.53 bits per heavy atom. The second-order valence-corrected chi connectivity index (χ2v) is 4.68. The van der Waals surface area contributed by atoms with Crippen LogP contribution in [0.3, 0.4) is 0 Å². The summed E-state index contributed by atoms with van der Waals surface area (Å²) in [6.45, 7) is 3.59. The minimum Gasteiger partial charge on any atom is -0.325 e. The van der Waals surface area contributed by atoms with Gasteiger partial charge in [0, 0.05) is 17.6 Å². The van der Waals surface area contributed by atoms with Gasteiger partial charge in [-0.25, -0.2) is 0 Å². The van der Waals surface area contributed by atoms with Gasteiger partial charge in [-0.2, -0.15) is 0 Å². The second-order valence-electron chi connectivity index (χ2n) is 3.83. The van der Waals surface area contributed by atoms with Gasteiger partial charge in [-0.15, -0.1) is 0 Å². The first kappa shape index (κ1) is 10.6. The lowest BCUT2D eigenvalue weighted by Gasteiger charge is -2.26. The molecule has 0 saturated carbocycles. The number of carbonyl (C=O) groups is 1. The first-order valence-corrected chi connectivity index (χ1v) is 5.74. The van der Waals surface area contributed by atoms with Gasteiger partial charge in [0.15, 0.2) is 0 Å². The van der Waals surface area contributed by atoms with Crippen molar-refractivity contribution in [3.63, 3.8) is 0 Å². The molecule has 0 atom stereocenters. The van der Waals surface area contributed by atoms with Crippen molar-refractivity contribution in [3.8, 4) is 0 Å². The van der Waals surface area contributed by atoms with Gasteiger partial charge in [0.1, 0.15) is 0 Å². The van der Waals surface area contributed by atoms with Crippen molar-refractivity contribution >= 4 is 27.5 Å². The molecule has 1 amide bonds. The molecule has 4 heteroatoms. The van der Waals surface area contributed by atoms with Crippen LogP contribution in [-0.2, 0) is 4.79 Å². The molecule has 15 heavy (non-hydrogen) atoms. The van der Waals surface area contributed by atoms with Crippen molar-refractivity contribution in [2.24, 2.45) is 5.92 Å². The summed E-state index contributed by atoms with van der Waals surface area (Å²) in [6, 6.07) is 5.90. The molecule has 1 heterocycles. The maximum atomic E-state index is 11.7. The fourth-order valence-corrected chi connectivity index (χ4v) is 2.02. The zero-order valence-electron chi connectivity index (χ0n) is 8.51. The zero-order valence-corrected chi connectivity index (χ0v) is 10.1. The van der Waals surface area contributed by atoms with Gasteiger partial charge < -0.3 is 10.6 Å². The Balaban J connectivity index is 2.06. The van der Waals surface area contributed by atoms with Crippen molar-refractivity contribution in [1.29, 1.82) is 0 Å². The van der Waals surface area contributed by atoms with Gasteiger partial charge in [0.2, 0.25) is 5.91 Å². The third kappa shape index (κ3) is 2.38. The van der Waals surface area contributed by atoms with Crippen LogP contribution in [0.25, 0.3) is 0 Å². The third-order valence-electron chi connectivity index (χ3n) is 2.53. The molecule has 1 aromatic rings. The molecule has 1 aliphatic heterocycles. The van der Waals surface area contributed by atoms with Gasteiger partial charge in [0.05, 0.1) is 11.6 Å². The van der Waals surface area contributed by atoms with E-state index in [0.29, 0.717) is 0 Å². The van der Waals surface area contributed by atoms with E-state index < -0.39 is 0 Å². The van der Waals surface area contributed by atoms with E-state index in [1.807, 2.05) is 25.1 Å². The Morgan fingerprint density at radius 2 is 2.27 bits per heavy atom. The maximum Gasteiger partial charge on any atom is 0.230 e. The third-order valence-corrected chi connectivity index (χ3v) is 3.19. The minimum absolute atomic E-state index is 0.0957. The van der Waals surface area contributed by atoms with Crippen LogP contribution in [0.1, 0.15) is 5.56 Å². The lowest BCUT2D eigenvalue weighted by atomic mass is 10.0. The Labute approximate surface area is 97.4 Å². The topological polar surface area (TPSA) is 41.1 Å². The summed E-state index contributed by atoms with van der Waals surface area (Å²) in [4.78, 5) is 11.7. The second kappa shape index (κ2) is 4.33. The fraction of sp³-hybridized carbons (Fsp3) is 0.364. The predicted molar refractivity (Wildman–Crippen MR) is 63.9 cm³/mol. The van der Waals surface area contributed by atoms with Crippen LogP contribution in [-0.4, -0.2) is 19.0 Å². The van der Waals surface area contributed by atoms with E-state index in [9.17, 15) is 4.79 Å². The standard InChI is InChI=1S/C11H13BrN2O/c1-7-2-3-10(9(12)4-7)14-11(15)8-5-13-6-8/h2-4,8,13H,5-6H2,1H3,(H,14,15). The van der Waals surface area contributed by atoms with Crippen LogP contribution in [0.15, 0.2) is 22.7 Å². The number of nitrogens with one attached hydrogen (secondary N) is 2. The van der Waals surface area contributed by atoms with Crippen molar-refractivity contribution in [1.82, 2.24) is 5.32 Å². The summed E-state index contributed by atoms with van der Waals surface area (Å²) in [6.07, 6.45) is 0. The van der Waals surface area contributed by atoms with Gasteiger partial charge in [-0.05, 0) is 40.5 Å². The molecule has 1 fully saturated rings. The quantitative estimate of drug-likeness (QED) is 0.861. The lowest BCUT2D eigenvalue weighted by Crippen LogP contribution is -2.48. The molecule has 0 unspecified atom stereocenters. The van der Waals surface area contributed by atoms with E-state index in [2.05, 4.69) is 26.6 Å². The highest BCUT2D eigenvalue weighted by atomic mass is 79.9. The summed E-state index contributed by atoms with van der Waals surface area (Å²) in [5.41, 5.74) is 2.02. The summed E-state index contributed by atoms with van der Waals surface area (Å²) in [7, 11) is 0. The van der Waals surface area contributed by atoms with E-state index in [0.717, 1.165) is 23.2 Å². The Hall–Kier alpha value is -0.870. The number of anilines is 1. The highest BCUT2D eigenvalue weighted by molar-refractivity contribution is 9.10. The first-order valence-electron chi connectivity index (χ1n) is 4.94.